The summed E-state index contributed by atoms with van der Waals surface area (Å²) in [7, 11) is 2.59. The molecule has 2 atom stereocenters. The molecule has 0 unspecified atom stereocenters. The summed E-state index contributed by atoms with van der Waals surface area (Å²) >= 11 is 0. The van der Waals surface area contributed by atoms with E-state index in [1.807, 2.05) is 0 Å². The second-order valence-corrected chi connectivity index (χ2v) is 6.39. The molecule has 8 nitrogen and oxygen atoms in total. The van der Waals surface area contributed by atoms with Crippen LogP contribution in [0.5, 0.6) is 0 Å². The number of aromatic nitrogens is 4. The highest BCUT2D eigenvalue weighted by atomic mass is 19.4. The molecule has 0 aliphatic carbocycles. The number of nitrogens with zero attached hydrogens (tertiary/aromatic N) is 4. The lowest BCUT2D eigenvalue weighted by Gasteiger charge is -2.20. The molecular formula is C18H17F4N5O3. The summed E-state index contributed by atoms with van der Waals surface area (Å²) in [4.78, 5) is 16.8. The van der Waals surface area contributed by atoms with Crippen molar-refractivity contribution >= 4 is 5.91 Å². The zero-order valence-electron chi connectivity index (χ0n) is 16.1. The van der Waals surface area contributed by atoms with Gasteiger partial charge in [0.05, 0.1) is 6.10 Å². The molecule has 2 aromatic heterocycles. The number of benzene rings is 1. The van der Waals surface area contributed by atoms with E-state index < -0.39 is 35.7 Å². The molecule has 1 amide bonds. The van der Waals surface area contributed by atoms with Crippen LogP contribution in [0.2, 0.25) is 0 Å². The Kier molecular flexibility index (Phi) is 5.87. The lowest BCUT2D eigenvalue weighted by Crippen LogP contribution is -2.37. The maximum atomic E-state index is 13.4. The van der Waals surface area contributed by atoms with Crippen molar-refractivity contribution in [2.45, 2.75) is 25.2 Å². The number of alkyl halides is 3. The van der Waals surface area contributed by atoms with Crippen molar-refractivity contribution < 1.29 is 31.6 Å². The van der Waals surface area contributed by atoms with E-state index in [9.17, 15) is 22.4 Å². The van der Waals surface area contributed by atoms with E-state index in [2.05, 4.69) is 20.6 Å². The fraction of sp³-hybridized carbons (Fsp3) is 0.333. The number of carbonyl (C=O) groups is 1. The quantitative estimate of drug-likeness (QED) is 0.608. The number of nitrogens with one attached hydrogen (secondary N) is 1. The summed E-state index contributed by atoms with van der Waals surface area (Å²) in [5.74, 6) is -1.33. The number of hydrogen-bond donors (Lipinski definition) is 1. The fourth-order valence-electron chi connectivity index (χ4n) is 2.66. The minimum absolute atomic E-state index is 0.0600. The van der Waals surface area contributed by atoms with Crippen LogP contribution < -0.4 is 5.32 Å². The molecular weight excluding hydrogens is 410 g/mol. The van der Waals surface area contributed by atoms with Crippen molar-refractivity contribution in [1.29, 1.82) is 0 Å². The topological polar surface area (TPSA) is 95.1 Å². The number of carbonyl (C=O) groups excluding carboxylic acids is 1. The summed E-state index contributed by atoms with van der Waals surface area (Å²) in [6.07, 6.45) is -5.37. The third kappa shape index (κ3) is 4.48. The van der Waals surface area contributed by atoms with Crippen molar-refractivity contribution in [3.63, 3.8) is 0 Å². The SMILES string of the molecule is CO[C@@H](C)[C@@H](NC(=O)c1cc(C(F)(F)F)nn1C)c1nc(-c2cccc(F)c2)no1. The first-order valence-electron chi connectivity index (χ1n) is 8.64. The van der Waals surface area contributed by atoms with Crippen LogP contribution in [0.25, 0.3) is 11.4 Å². The molecule has 0 aliphatic heterocycles. The van der Waals surface area contributed by atoms with Crippen LogP contribution in [-0.4, -0.2) is 39.0 Å². The van der Waals surface area contributed by atoms with Crippen LogP contribution in [0.15, 0.2) is 34.9 Å². The first-order chi connectivity index (χ1) is 14.1. The van der Waals surface area contributed by atoms with Crippen molar-refractivity contribution in [2.75, 3.05) is 7.11 Å². The molecule has 0 bridgehead atoms. The van der Waals surface area contributed by atoms with Crippen LogP contribution in [0.4, 0.5) is 17.6 Å². The van der Waals surface area contributed by atoms with Crippen molar-refractivity contribution in [3.8, 4) is 11.4 Å². The van der Waals surface area contributed by atoms with E-state index in [0.29, 0.717) is 11.6 Å². The van der Waals surface area contributed by atoms with Gasteiger partial charge in [-0.25, -0.2) is 4.39 Å². The van der Waals surface area contributed by atoms with Crippen LogP contribution in [0, 0.1) is 5.82 Å². The Balaban J connectivity index is 1.87. The minimum Gasteiger partial charge on any atom is -0.379 e. The lowest BCUT2D eigenvalue weighted by atomic mass is 10.1. The second-order valence-electron chi connectivity index (χ2n) is 6.39. The lowest BCUT2D eigenvalue weighted by molar-refractivity contribution is -0.141. The third-order valence-corrected chi connectivity index (χ3v) is 4.32. The standard InChI is InChI=1S/C18H17F4N5O3/c1-9(29-3)14(17-24-15(26-30-17)10-5-4-6-11(19)7-10)23-16(28)12-8-13(18(20,21)22)25-27(12)2/h4-9,14H,1-3H3,(H,23,28)/t9-,14+/m0/s1. The summed E-state index contributed by atoms with van der Waals surface area (Å²) < 4.78 is 63.2. The molecule has 0 saturated heterocycles. The van der Waals surface area contributed by atoms with Crippen LogP contribution in [0.1, 0.15) is 35.0 Å². The van der Waals surface area contributed by atoms with Crippen LogP contribution in [0.3, 0.4) is 0 Å². The summed E-state index contributed by atoms with van der Waals surface area (Å²) in [5, 5.41) is 9.61. The van der Waals surface area contributed by atoms with Gasteiger partial charge in [0, 0.05) is 25.8 Å². The van der Waals surface area contributed by atoms with Gasteiger partial charge in [-0.05, 0) is 19.1 Å². The Morgan fingerprint density at radius 1 is 1.30 bits per heavy atom. The van der Waals surface area contributed by atoms with Gasteiger partial charge in [0.2, 0.25) is 5.82 Å². The normalized spacial score (nSPS) is 13.8. The number of amides is 1. The number of rotatable bonds is 6. The van der Waals surface area contributed by atoms with Gasteiger partial charge in [0.1, 0.15) is 17.6 Å². The van der Waals surface area contributed by atoms with Gasteiger partial charge in [0.15, 0.2) is 5.69 Å². The summed E-state index contributed by atoms with van der Waals surface area (Å²) in [6, 6.07) is 5.15. The van der Waals surface area contributed by atoms with E-state index >= 15 is 0 Å². The highest BCUT2D eigenvalue weighted by molar-refractivity contribution is 5.93. The van der Waals surface area contributed by atoms with E-state index in [1.165, 1.54) is 32.4 Å². The molecule has 1 aromatic carbocycles. The van der Waals surface area contributed by atoms with Gasteiger partial charge >= 0.3 is 6.18 Å². The van der Waals surface area contributed by atoms with E-state index in [4.69, 9.17) is 9.26 Å². The molecule has 30 heavy (non-hydrogen) atoms. The van der Waals surface area contributed by atoms with Gasteiger partial charge in [-0.2, -0.15) is 23.3 Å². The zero-order valence-corrected chi connectivity index (χ0v) is 16.1. The van der Waals surface area contributed by atoms with Crippen molar-refractivity contribution in [3.05, 3.63) is 53.4 Å². The number of halogens is 4. The average Bonchev–Trinajstić information content (AvgIpc) is 3.32. The molecule has 12 heteroatoms. The van der Waals surface area contributed by atoms with E-state index in [-0.39, 0.29) is 17.4 Å². The molecule has 160 valence electrons. The zero-order chi connectivity index (χ0) is 22.1. The third-order valence-electron chi connectivity index (χ3n) is 4.32. The van der Waals surface area contributed by atoms with Gasteiger partial charge in [-0.3, -0.25) is 9.48 Å². The Hall–Kier alpha value is -3.28. The fourth-order valence-corrected chi connectivity index (χ4v) is 2.66. The maximum Gasteiger partial charge on any atom is 0.435 e. The Morgan fingerprint density at radius 3 is 2.63 bits per heavy atom. The van der Waals surface area contributed by atoms with Gasteiger partial charge in [-0.1, -0.05) is 17.3 Å². The van der Waals surface area contributed by atoms with E-state index in [0.717, 1.165) is 4.68 Å². The van der Waals surface area contributed by atoms with E-state index in [1.54, 1.807) is 13.0 Å². The maximum absolute atomic E-state index is 13.4. The van der Waals surface area contributed by atoms with Crippen LogP contribution in [-0.2, 0) is 18.0 Å². The summed E-state index contributed by atoms with van der Waals surface area (Å²) in [6.45, 7) is 1.60. The predicted molar refractivity (Wildman–Crippen MR) is 94.6 cm³/mol. The van der Waals surface area contributed by atoms with Gasteiger partial charge in [-0.15, -0.1) is 0 Å². The molecule has 0 fully saturated rings. The Morgan fingerprint density at radius 2 is 2.03 bits per heavy atom. The predicted octanol–water partition coefficient (Wildman–Crippen LogP) is 3.13. The first kappa shape index (κ1) is 21.4. The Labute approximate surface area is 167 Å². The molecule has 1 N–H and O–H groups in total. The molecule has 0 radical (unpaired) electrons. The number of aryl methyl sites for hydroxylation is 1. The number of ether oxygens (including phenoxy) is 1. The van der Waals surface area contributed by atoms with Gasteiger partial charge in [0.25, 0.3) is 11.8 Å². The number of methoxy groups -OCH3 is 1. The molecule has 0 aliphatic rings. The largest absolute Gasteiger partial charge is 0.435 e. The molecule has 3 aromatic rings. The second kappa shape index (κ2) is 8.22. The Bertz CT molecular complexity index is 1050. The highest BCUT2D eigenvalue weighted by Crippen LogP contribution is 2.29. The molecule has 3 rings (SSSR count). The first-order valence-corrected chi connectivity index (χ1v) is 8.64. The van der Waals surface area contributed by atoms with Crippen molar-refractivity contribution in [1.82, 2.24) is 25.2 Å². The molecule has 0 saturated carbocycles. The van der Waals surface area contributed by atoms with Crippen molar-refractivity contribution in [2.24, 2.45) is 7.05 Å². The molecule has 2 heterocycles. The van der Waals surface area contributed by atoms with Crippen LogP contribution >= 0.6 is 0 Å². The highest BCUT2D eigenvalue weighted by Gasteiger charge is 2.36. The molecule has 0 spiro atoms. The smallest absolute Gasteiger partial charge is 0.379 e. The summed E-state index contributed by atoms with van der Waals surface area (Å²) in [5.41, 5.74) is -1.17. The monoisotopic (exact) mass is 427 g/mol. The minimum atomic E-state index is -4.69. The van der Waals surface area contributed by atoms with Gasteiger partial charge < -0.3 is 14.6 Å². The number of hydrogen-bond acceptors (Lipinski definition) is 6. The average molecular weight is 427 g/mol.